The molecule has 0 aliphatic rings. The molecular weight excluding hydrogens is 639 g/mol. The molecule has 43 heavy (non-hydrogen) atoms. The third-order valence-corrected chi connectivity index (χ3v) is 11.8. The second-order valence-corrected chi connectivity index (χ2v) is 16.5. The van der Waals surface area contributed by atoms with Gasteiger partial charge in [0.1, 0.15) is 0 Å². The molecule has 0 rings (SSSR count). The van der Waals surface area contributed by atoms with Crippen molar-refractivity contribution in [1.29, 1.82) is 0 Å². The van der Waals surface area contributed by atoms with Crippen molar-refractivity contribution >= 4 is 33.1 Å². The van der Waals surface area contributed by atoms with E-state index in [9.17, 15) is 9.59 Å². The summed E-state index contributed by atoms with van der Waals surface area (Å²) in [4.78, 5) is 23.4. The third-order valence-electron chi connectivity index (χ3n) is 7.75. The topological polar surface area (TPSA) is 52.6 Å². The normalized spacial score (nSPS) is 11.0. The Morgan fingerprint density at radius 1 is 0.395 bits per heavy atom. The van der Waals surface area contributed by atoms with Crippen LogP contribution in [0.25, 0.3) is 0 Å². The van der Waals surface area contributed by atoms with Crippen molar-refractivity contribution in [2.24, 2.45) is 0 Å². The number of hydrogen-bond donors (Lipinski definition) is 0. The van der Waals surface area contributed by atoms with Gasteiger partial charge in [-0.25, -0.2) is 9.59 Å². The van der Waals surface area contributed by atoms with Crippen LogP contribution in [0.2, 0.25) is 8.87 Å². The number of unbranched alkanes of at least 4 members (excludes halogenated alkanes) is 22. The molecule has 2 radical (unpaired) electrons. The Kier molecular flexibility index (Phi) is 43.0. The van der Waals surface area contributed by atoms with Crippen molar-refractivity contribution in [1.82, 2.24) is 0 Å². The van der Waals surface area contributed by atoms with Crippen molar-refractivity contribution in [2.45, 2.75) is 204 Å². The summed E-state index contributed by atoms with van der Waals surface area (Å²) in [6.07, 6.45) is 36.0. The van der Waals surface area contributed by atoms with E-state index in [0.717, 1.165) is 25.7 Å². The van der Waals surface area contributed by atoms with Crippen molar-refractivity contribution in [2.75, 3.05) is 13.2 Å². The summed E-state index contributed by atoms with van der Waals surface area (Å²) in [6.45, 7) is 9.94. The summed E-state index contributed by atoms with van der Waals surface area (Å²) in [7, 11) is 0. The van der Waals surface area contributed by atoms with Crippen LogP contribution < -0.4 is 0 Å². The van der Waals surface area contributed by atoms with Crippen LogP contribution in [0.15, 0.2) is 12.2 Å². The third kappa shape index (κ3) is 43.7. The number of rotatable bonds is 32. The summed E-state index contributed by atoms with van der Waals surface area (Å²) in [5.74, 6) is -0.919. The van der Waals surface area contributed by atoms with E-state index in [0.29, 0.717) is 13.2 Å². The first kappa shape index (κ1) is 44.6. The minimum atomic E-state index is -0.460. The average molecular weight is 714 g/mol. The maximum absolute atomic E-state index is 11.7. The summed E-state index contributed by atoms with van der Waals surface area (Å²) in [6, 6.07) is 0. The molecule has 0 unspecified atom stereocenters. The monoisotopic (exact) mass is 714 g/mol. The van der Waals surface area contributed by atoms with Crippen LogP contribution in [0, 0.1) is 0 Å². The van der Waals surface area contributed by atoms with E-state index in [1.165, 1.54) is 153 Å². The molecule has 0 N–H and O–H groups in total. The molecule has 4 nitrogen and oxygen atoms in total. The van der Waals surface area contributed by atoms with Crippen LogP contribution in [-0.2, 0) is 19.1 Å². The first-order chi connectivity index (χ1) is 21.1. The second kappa shape index (κ2) is 41.5. The van der Waals surface area contributed by atoms with Gasteiger partial charge < -0.3 is 9.47 Å². The van der Waals surface area contributed by atoms with Crippen molar-refractivity contribution in [3.05, 3.63) is 12.2 Å². The summed E-state index contributed by atoms with van der Waals surface area (Å²) in [5, 5.41) is 0. The Labute approximate surface area is 279 Å². The zero-order valence-electron chi connectivity index (χ0n) is 29.5. The van der Waals surface area contributed by atoms with Crippen LogP contribution in [0.4, 0.5) is 0 Å². The van der Waals surface area contributed by atoms with Crippen LogP contribution in [0.5, 0.6) is 0 Å². The van der Waals surface area contributed by atoms with Crippen molar-refractivity contribution in [3.63, 3.8) is 0 Å². The van der Waals surface area contributed by atoms with E-state index in [1.54, 1.807) is 8.87 Å². The Morgan fingerprint density at radius 2 is 0.651 bits per heavy atom. The summed E-state index contributed by atoms with van der Waals surface area (Å²) in [5.41, 5.74) is 0. The van der Waals surface area contributed by atoms with Crippen LogP contribution in [0.1, 0.15) is 195 Å². The molecule has 0 saturated heterocycles. The van der Waals surface area contributed by atoms with Gasteiger partial charge in [-0.15, -0.1) is 0 Å². The van der Waals surface area contributed by atoms with E-state index >= 15 is 0 Å². The first-order valence-electron chi connectivity index (χ1n) is 18.8. The fraction of sp³-hybridized carbons (Fsp3) is 0.895. The van der Waals surface area contributed by atoms with E-state index in [-0.39, 0.29) is 21.1 Å². The van der Waals surface area contributed by atoms with Gasteiger partial charge in [0.25, 0.3) is 0 Å². The van der Waals surface area contributed by atoms with E-state index in [2.05, 4.69) is 27.7 Å². The molecule has 0 aromatic rings. The minimum absolute atomic E-state index is 0.149. The second-order valence-electron chi connectivity index (χ2n) is 12.2. The summed E-state index contributed by atoms with van der Waals surface area (Å²) < 4.78 is 13.6. The molecule has 0 atom stereocenters. The fourth-order valence-electron chi connectivity index (χ4n) is 4.84. The van der Waals surface area contributed by atoms with Crippen LogP contribution >= 0.6 is 0 Å². The molecule has 254 valence electrons. The molecule has 0 aliphatic heterocycles. The van der Waals surface area contributed by atoms with Crippen molar-refractivity contribution in [3.8, 4) is 0 Å². The van der Waals surface area contributed by atoms with Gasteiger partial charge in [0.15, 0.2) is 0 Å². The van der Waals surface area contributed by atoms with Gasteiger partial charge in [-0.05, 0) is 12.8 Å². The Hall–Kier alpha value is -0.521. The molecule has 0 saturated carbocycles. The number of ether oxygens (including phenoxy) is 2. The number of hydrogen-bond acceptors (Lipinski definition) is 4. The predicted octanol–water partition coefficient (Wildman–Crippen LogP) is 12.4. The molecule has 0 bridgehead atoms. The zero-order chi connectivity index (χ0) is 31.9. The van der Waals surface area contributed by atoms with E-state index in [4.69, 9.17) is 9.47 Å². The molecule has 0 aromatic heterocycles. The summed E-state index contributed by atoms with van der Waals surface area (Å²) >= 11 is 0.149. The molecular formula is C38H74O4Sn. The molecule has 0 amide bonds. The Bertz CT molecular complexity index is 530. The first-order valence-corrected chi connectivity index (χ1v) is 22.9. The number of carbonyl (C=O) groups is 2. The van der Waals surface area contributed by atoms with Crippen LogP contribution in [0.3, 0.4) is 0 Å². The quantitative estimate of drug-likeness (QED) is 0.0301. The standard InChI is InChI=1S/C30H56O4.2C4H9.Sn/c1-3-5-7-9-11-13-15-17-19-21-23-27-33-29(31)25-26-30(32)34-28-24-22-20-18-16-14-12-10-8-6-4-2;2*1-3-4-2;/h25-26H,3-24,27-28H2,1-2H3;2*1,3-4H2,2H3;. The maximum atomic E-state index is 11.7. The Morgan fingerprint density at radius 3 is 0.930 bits per heavy atom. The zero-order valence-corrected chi connectivity index (χ0v) is 32.4. The van der Waals surface area contributed by atoms with Gasteiger partial charge in [0.05, 0.1) is 13.2 Å². The number of carbonyl (C=O) groups excluding carboxylic acids is 2. The molecule has 5 heteroatoms. The molecule has 0 spiro atoms. The van der Waals surface area contributed by atoms with E-state index < -0.39 is 11.9 Å². The Balaban J connectivity index is 0. The SMILES string of the molecule is CCCCCCCCCCCCCOC(=O)C=CC(=O)OCCCCCCCCCCCCC.CCC[CH2][Sn][CH2]CCC. The van der Waals surface area contributed by atoms with Gasteiger partial charge in [0, 0.05) is 12.2 Å². The molecule has 0 heterocycles. The molecule has 0 aliphatic carbocycles. The van der Waals surface area contributed by atoms with Gasteiger partial charge in [-0.1, -0.05) is 142 Å². The van der Waals surface area contributed by atoms with Gasteiger partial charge in [-0.3, -0.25) is 0 Å². The van der Waals surface area contributed by atoms with Gasteiger partial charge in [0.2, 0.25) is 0 Å². The van der Waals surface area contributed by atoms with Gasteiger partial charge >= 0.3 is 81.5 Å². The number of esters is 2. The van der Waals surface area contributed by atoms with E-state index in [1.807, 2.05) is 0 Å². The fourth-order valence-corrected chi connectivity index (χ4v) is 9.00. The molecule has 0 aromatic carbocycles. The van der Waals surface area contributed by atoms with Crippen LogP contribution in [-0.4, -0.2) is 46.3 Å². The average Bonchev–Trinajstić information content (AvgIpc) is 3.01. The van der Waals surface area contributed by atoms with Crippen molar-refractivity contribution < 1.29 is 19.1 Å². The predicted molar refractivity (Wildman–Crippen MR) is 189 cm³/mol. The van der Waals surface area contributed by atoms with Gasteiger partial charge in [-0.2, -0.15) is 0 Å². The molecule has 0 fully saturated rings.